The molecule has 0 radical (unpaired) electrons. The smallest absolute Gasteiger partial charge is 0.132 e. The van der Waals surface area contributed by atoms with Gasteiger partial charge in [0, 0.05) is 25.3 Å². The van der Waals surface area contributed by atoms with Gasteiger partial charge in [-0.15, -0.1) is 0 Å². The van der Waals surface area contributed by atoms with Crippen molar-refractivity contribution >= 4 is 11.6 Å². The summed E-state index contributed by atoms with van der Waals surface area (Å²) in [7, 11) is 0. The lowest BCUT2D eigenvalue weighted by molar-refractivity contribution is -0.118. The van der Waals surface area contributed by atoms with Crippen LogP contribution in [0.1, 0.15) is 40.0 Å². The molecule has 0 amide bonds. The molecule has 0 aliphatic rings. The van der Waals surface area contributed by atoms with Gasteiger partial charge in [-0.3, -0.25) is 9.79 Å². The molecular weight excluding hydrogens is 164 g/mol. The van der Waals surface area contributed by atoms with E-state index in [0.717, 1.165) is 6.42 Å². The molecule has 0 saturated carbocycles. The van der Waals surface area contributed by atoms with Gasteiger partial charge in [-0.05, 0) is 6.42 Å². The van der Waals surface area contributed by atoms with Gasteiger partial charge >= 0.3 is 0 Å². The Morgan fingerprint density at radius 3 is 2.54 bits per heavy atom. The molecule has 0 aliphatic heterocycles. The largest absolute Gasteiger partial charge is 0.387 e. The molecule has 76 valence electrons. The third-order valence-corrected chi connectivity index (χ3v) is 1.89. The first-order valence-corrected chi connectivity index (χ1v) is 4.89. The van der Waals surface area contributed by atoms with Crippen LogP contribution in [0.5, 0.6) is 0 Å². The maximum atomic E-state index is 10.9. The van der Waals surface area contributed by atoms with Crippen LogP contribution in [0, 0.1) is 5.92 Å². The Bertz CT molecular complexity index is 185. The zero-order valence-corrected chi connectivity index (χ0v) is 8.84. The molecular formula is C10H20N2O. The quantitative estimate of drug-likeness (QED) is 0.388. The minimum Gasteiger partial charge on any atom is -0.387 e. The Morgan fingerprint density at radius 2 is 2.08 bits per heavy atom. The topological polar surface area (TPSA) is 55.5 Å². The number of aliphatic imine (C=N–C) groups is 1. The van der Waals surface area contributed by atoms with Gasteiger partial charge in [0.15, 0.2) is 0 Å². The average Bonchev–Trinajstić information content (AvgIpc) is 2.11. The van der Waals surface area contributed by atoms with Crippen molar-refractivity contribution in [1.29, 1.82) is 0 Å². The molecule has 0 rings (SSSR count). The number of carbonyl (C=O) groups excluding carboxylic acids is 1. The lowest BCUT2D eigenvalue weighted by Crippen LogP contribution is -2.19. The van der Waals surface area contributed by atoms with Crippen LogP contribution in [0.15, 0.2) is 4.99 Å². The second-order valence-corrected chi connectivity index (χ2v) is 3.46. The molecule has 0 bridgehead atoms. The van der Waals surface area contributed by atoms with E-state index in [9.17, 15) is 4.79 Å². The molecule has 0 heterocycles. The number of rotatable bonds is 6. The minimum absolute atomic E-state index is 0.304. The van der Waals surface area contributed by atoms with Crippen LogP contribution in [-0.4, -0.2) is 18.2 Å². The molecule has 0 aliphatic carbocycles. The SMILES string of the molecule is CCC(=O)CCCN=C(N)C(C)C. The van der Waals surface area contributed by atoms with Crippen molar-refractivity contribution in [3.05, 3.63) is 0 Å². The third kappa shape index (κ3) is 6.31. The summed E-state index contributed by atoms with van der Waals surface area (Å²) in [6.07, 6.45) is 2.08. The lowest BCUT2D eigenvalue weighted by Gasteiger charge is -2.03. The molecule has 0 atom stereocenters. The van der Waals surface area contributed by atoms with E-state index in [1.54, 1.807) is 0 Å². The maximum absolute atomic E-state index is 10.9. The Kier molecular flexibility index (Phi) is 6.20. The first kappa shape index (κ1) is 12.1. The van der Waals surface area contributed by atoms with Gasteiger partial charge in [-0.1, -0.05) is 20.8 Å². The maximum Gasteiger partial charge on any atom is 0.132 e. The van der Waals surface area contributed by atoms with E-state index in [0.29, 0.717) is 36.9 Å². The van der Waals surface area contributed by atoms with E-state index >= 15 is 0 Å². The normalized spacial score (nSPS) is 12.2. The molecule has 3 heteroatoms. The number of nitrogens with two attached hydrogens (primary N) is 1. The minimum atomic E-state index is 0.304. The molecule has 0 aromatic heterocycles. The molecule has 0 saturated heterocycles. The number of carbonyl (C=O) groups is 1. The Morgan fingerprint density at radius 1 is 1.46 bits per heavy atom. The number of ketones is 1. The van der Waals surface area contributed by atoms with Crippen LogP contribution in [0.3, 0.4) is 0 Å². The highest BCUT2D eigenvalue weighted by Gasteiger charge is 1.99. The summed E-state index contributed by atoms with van der Waals surface area (Å²) in [6.45, 7) is 6.58. The summed E-state index contributed by atoms with van der Waals surface area (Å²) in [5, 5.41) is 0. The van der Waals surface area contributed by atoms with Crippen molar-refractivity contribution in [2.24, 2.45) is 16.6 Å². The molecule has 0 aromatic carbocycles. The van der Waals surface area contributed by atoms with Crippen LogP contribution >= 0.6 is 0 Å². The highest BCUT2D eigenvalue weighted by Crippen LogP contribution is 1.97. The van der Waals surface area contributed by atoms with Gasteiger partial charge in [0.25, 0.3) is 0 Å². The van der Waals surface area contributed by atoms with Crippen molar-refractivity contribution in [2.45, 2.75) is 40.0 Å². The summed E-state index contributed by atoms with van der Waals surface area (Å²) in [4.78, 5) is 15.1. The molecule has 0 spiro atoms. The van der Waals surface area contributed by atoms with Crippen LogP contribution in [0.4, 0.5) is 0 Å². The molecule has 3 nitrogen and oxygen atoms in total. The number of Topliss-reactive ketones (excluding diaryl/α,β-unsaturated/α-hetero) is 1. The Hall–Kier alpha value is -0.860. The summed E-state index contributed by atoms with van der Waals surface area (Å²) in [6, 6.07) is 0. The van der Waals surface area contributed by atoms with E-state index < -0.39 is 0 Å². The van der Waals surface area contributed by atoms with Crippen LogP contribution < -0.4 is 5.73 Å². The van der Waals surface area contributed by atoms with E-state index in [1.165, 1.54) is 0 Å². The lowest BCUT2D eigenvalue weighted by atomic mass is 10.2. The summed E-state index contributed by atoms with van der Waals surface area (Å²) >= 11 is 0. The predicted molar refractivity (Wildman–Crippen MR) is 55.9 cm³/mol. The van der Waals surface area contributed by atoms with E-state index in [4.69, 9.17) is 5.73 Å². The van der Waals surface area contributed by atoms with Crippen LogP contribution in [0.2, 0.25) is 0 Å². The van der Waals surface area contributed by atoms with Gasteiger partial charge in [-0.2, -0.15) is 0 Å². The molecule has 0 unspecified atom stereocenters. The second-order valence-electron chi connectivity index (χ2n) is 3.46. The van der Waals surface area contributed by atoms with Gasteiger partial charge in [0.2, 0.25) is 0 Å². The molecule has 2 N–H and O–H groups in total. The first-order valence-electron chi connectivity index (χ1n) is 4.89. The number of nitrogens with zero attached hydrogens (tertiary/aromatic N) is 1. The fourth-order valence-electron chi connectivity index (χ4n) is 0.844. The Labute approximate surface area is 80.4 Å². The molecule has 0 fully saturated rings. The fourth-order valence-corrected chi connectivity index (χ4v) is 0.844. The number of amidine groups is 1. The summed E-state index contributed by atoms with van der Waals surface area (Å²) in [5.41, 5.74) is 5.63. The van der Waals surface area contributed by atoms with Crippen LogP contribution in [-0.2, 0) is 4.79 Å². The van der Waals surface area contributed by atoms with Gasteiger partial charge < -0.3 is 5.73 Å². The highest BCUT2D eigenvalue weighted by molar-refractivity contribution is 5.82. The standard InChI is InChI=1S/C10H20N2O/c1-4-9(13)6-5-7-12-10(11)8(2)3/h8H,4-7H2,1-3H3,(H2,11,12). The second kappa shape index (κ2) is 6.63. The Balaban J connectivity index is 3.55. The van der Waals surface area contributed by atoms with Crippen molar-refractivity contribution < 1.29 is 4.79 Å². The summed E-state index contributed by atoms with van der Waals surface area (Å²) < 4.78 is 0. The number of hydrogen-bond acceptors (Lipinski definition) is 2. The first-order chi connectivity index (χ1) is 6.07. The zero-order chi connectivity index (χ0) is 10.3. The van der Waals surface area contributed by atoms with Crippen molar-refractivity contribution in [2.75, 3.05) is 6.54 Å². The fraction of sp³-hybridized carbons (Fsp3) is 0.800. The van der Waals surface area contributed by atoms with Gasteiger partial charge in [0.05, 0.1) is 5.84 Å². The van der Waals surface area contributed by atoms with Gasteiger partial charge in [0.1, 0.15) is 5.78 Å². The number of hydrogen-bond donors (Lipinski definition) is 1. The van der Waals surface area contributed by atoms with Crippen molar-refractivity contribution in [3.8, 4) is 0 Å². The molecule has 13 heavy (non-hydrogen) atoms. The van der Waals surface area contributed by atoms with Crippen LogP contribution in [0.25, 0.3) is 0 Å². The average molecular weight is 184 g/mol. The monoisotopic (exact) mass is 184 g/mol. The van der Waals surface area contributed by atoms with E-state index in [1.807, 2.05) is 20.8 Å². The van der Waals surface area contributed by atoms with E-state index in [-0.39, 0.29) is 0 Å². The highest BCUT2D eigenvalue weighted by atomic mass is 16.1. The van der Waals surface area contributed by atoms with Crippen molar-refractivity contribution in [3.63, 3.8) is 0 Å². The van der Waals surface area contributed by atoms with Crippen molar-refractivity contribution in [1.82, 2.24) is 0 Å². The van der Waals surface area contributed by atoms with E-state index in [2.05, 4.69) is 4.99 Å². The molecule has 0 aromatic rings. The zero-order valence-electron chi connectivity index (χ0n) is 8.84. The third-order valence-electron chi connectivity index (χ3n) is 1.89. The predicted octanol–water partition coefficient (Wildman–Crippen LogP) is 1.76. The summed E-state index contributed by atoms with van der Waals surface area (Å²) in [5.74, 6) is 1.30. The van der Waals surface area contributed by atoms with Gasteiger partial charge in [-0.25, -0.2) is 0 Å².